The van der Waals surface area contributed by atoms with Crippen LogP contribution in [-0.4, -0.2) is 18.1 Å². The molecule has 0 spiro atoms. The second-order valence-corrected chi connectivity index (χ2v) is 5.37. The Morgan fingerprint density at radius 2 is 2.13 bits per heavy atom. The van der Waals surface area contributed by atoms with Crippen LogP contribution >= 0.6 is 11.3 Å². The second kappa shape index (κ2) is 6.23. The number of hydrogen-bond donors (Lipinski definition) is 1. The van der Waals surface area contributed by atoms with Gasteiger partial charge in [0, 0.05) is 17.3 Å². The summed E-state index contributed by atoms with van der Waals surface area (Å²) in [5.41, 5.74) is 1.19. The minimum Gasteiger partial charge on any atom is -0.317 e. The molecule has 86 valence electrons. The minimum atomic E-state index is 0.592. The van der Waals surface area contributed by atoms with E-state index in [0.29, 0.717) is 6.04 Å². The molecule has 0 bridgehead atoms. The maximum absolute atomic E-state index is 4.58. The van der Waals surface area contributed by atoms with Gasteiger partial charge in [-0.25, -0.2) is 4.98 Å². The van der Waals surface area contributed by atoms with Gasteiger partial charge in [0.05, 0.1) is 10.7 Å². The summed E-state index contributed by atoms with van der Waals surface area (Å²) in [6, 6.07) is 0.592. The summed E-state index contributed by atoms with van der Waals surface area (Å²) in [6.07, 6.45) is 4.91. The van der Waals surface area contributed by atoms with Crippen LogP contribution in [0.1, 0.15) is 41.8 Å². The lowest BCUT2D eigenvalue weighted by atomic mass is 10.1. The molecule has 0 aliphatic rings. The van der Waals surface area contributed by atoms with Gasteiger partial charge in [-0.1, -0.05) is 19.8 Å². The Morgan fingerprint density at radius 3 is 2.60 bits per heavy atom. The number of nitrogens with one attached hydrogen (secondary N) is 1. The van der Waals surface area contributed by atoms with E-state index in [1.165, 1.54) is 34.8 Å². The zero-order valence-electron chi connectivity index (χ0n) is 10.3. The third kappa shape index (κ3) is 3.92. The van der Waals surface area contributed by atoms with Crippen LogP contribution in [0.2, 0.25) is 0 Å². The lowest BCUT2D eigenvalue weighted by molar-refractivity contribution is 0.497. The first kappa shape index (κ1) is 12.7. The molecule has 1 atom stereocenters. The van der Waals surface area contributed by atoms with Crippen LogP contribution in [0.5, 0.6) is 0 Å². The quantitative estimate of drug-likeness (QED) is 0.806. The average Bonchev–Trinajstić information content (AvgIpc) is 2.53. The molecule has 1 heterocycles. The largest absolute Gasteiger partial charge is 0.317 e. The van der Waals surface area contributed by atoms with Gasteiger partial charge in [0.25, 0.3) is 0 Å². The summed E-state index contributed by atoms with van der Waals surface area (Å²) in [5.74, 6) is 0. The Balaban J connectivity index is 2.50. The number of aryl methyl sites for hydroxylation is 2. The molecule has 2 nitrogen and oxygen atoms in total. The molecule has 0 radical (unpaired) electrons. The molecule has 0 aliphatic heterocycles. The number of unbranched alkanes of at least 4 members (excludes halogenated alkanes) is 1. The third-order valence-corrected chi connectivity index (χ3v) is 3.90. The van der Waals surface area contributed by atoms with Gasteiger partial charge in [0.2, 0.25) is 0 Å². The van der Waals surface area contributed by atoms with Gasteiger partial charge in [-0.15, -0.1) is 11.3 Å². The number of likely N-dealkylation sites (N-methyl/N-ethyl adjacent to an activating group) is 1. The molecule has 1 N–H and O–H groups in total. The second-order valence-electron chi connectivity index (χ2n) is 4.08. The van der Waals surface area contributed by atoms with Gasteiger partial charge in [-0.2, -0.15) is 0 Å². The van der Waals surface area contributed by atoms with Crippen LogP contribution < -0.4 is 5.32 Å². The molecule has 1 rings (SSSR count). The van der Waals surface area contributed by atoms with Crippen molar-refractivity contribution < 1.29 is 0 Å². The molecule has 0 saturated carbocycles. The van der Waals surface area contributed by atoms with E-state index in [0.717, 1.165) is 6.42 Å². The van der Waals surface area contributed by atoms with E-state index in [4.69, 9.17) is 0 Å². The standard InChI is InChI=1S/C12H22N2S/c1-5-6-7-11(13-4)8-12-14-9(2)10(3)15-12/h11,13H,5-8H2,1-4H3. The van der Waals surface area contributed by atoms with Crippen molar-refractivity contribution in [2.24, 2.45) is 0 Å². The Labute approximate surface area is 97.1 Å². The summed E-state index contributed by atoms with van der Waals surface area (Å²) in [6.45, 7) is 6.48. The smallest absolute Gasteiger partial charge is 0.0946 e. The topological polar surface area (TPSA) is 24.9 Å². The first-order valence-corrected chi connectivity index (χ1v) is 6.59. The van der Waals surface area contributed by atoms with Crippen LogP contribution in [0.4, 0.5) is 0 Å². The van der Waals surface area contributed by atoms with Crippen molar-refractivity contribution in [1.82, 2.24) is 10.3 Å². The Bertz CT molecular complexity index is 274. The summed E-state index contributed by atoms with van der Waals surface area (Å²) >= 11 is 1.84. The van der Waals surface area contributed by atoms with Gasteiger partial charge < -0.3 is 5.32 Å². The Kier molecular flexibility index (Phi) is 5.26. The van der Waals surface area contributed by atoms with E-state index in [1.54, 1.807) is 0 Å². The normalized spacial score (nSPS) is 13.1. The summed E-state index contributed by atoms with van der Waals surface area (Å²) in [4.78, 5) is 5.94. The molecule has 1 aromatic rings. The maximum atomic E-state index is 4.58. The van der Waals surface area contributed by atoms with Crippen LogP contribution in [0.3, 0.4) is 0 Å². The average molecular weight is 226 g/mol. The van der Waals surface area contributed by atoms with Crippen molar-refractivity contribution >= 4 is 11.3 Å². The van der Waals surface area contributed by atoms with E-state index in [-0.39, 0.29) is 0 Å². The molecule has 3 heteroatoms. The highest BCUT2D eigenvalue weighted by Crippen LogP contribution is 2.18. The van der Waals surface area contributed by atoms with Gasteiger partial charge >= 0.3 is 0 Å². The highest BCUT2D eigenvalue weighted by molar-refractivity contribution is 7.11. The maximum Gasteiger partial charge on any atom is 0.0946 e. The number of hydrogen-bond acceptors (Lipinski definition) is 3. The van der Waals surface area contributed by atoms with Gasteiger partial charge in [-0.05, 0) is 27.3 Å². The lowest BCUT2D eigenvalue weighted by Gasteiger charge is -2.13. The number of thiazole rings is 1. The van der Waals surface area contributed by atoms with Crippen molar-refractivity contribution in [2.75, 3.05) is 7.05 Å². The van der Waals surface area contributed by atoms with E-state index < -0.39 is 0 Å². The summed E-state index contributed by atoms with van der Waals surface area (Å²) in [5, 5.41) is 4.66. The number of aromatic nitrogens is 1. The van der Waals surface area contributed by atoms with Crippen molar-refractivity contribution in [1.29, 1.82) is 0 Å². The zero-order valence-corrected chi connectivity index (χ0v) is 11.1. The SMILES string of the molecule is CCCCC(Cc1nc(C)c(C)s1)NC. The van der Waals surface area contributed by atoms with E-state index >= 15 is 0 Å². The Hall–Kier alpha value is -0.410. The molecule has 0 fully saturated rings. The third-order valence-electron chi connectivity index (χ3n) is 2.81. The highest BCUT2D eigenvalue weighted by Gasteiger charge is 2.10. The molecule has 1 unspecified atom stereocenters. The first-order valence-electron chi connectivity index (χ1n) is 5.77. The fraction of sp³-hybridized carbons (Fsp3) is 0.750. The van der Waals surface area contributed by atoms with Crippen molar-refractivity contribution in [3.05, 3.63) is 15.6 Å². The molecule has 0 saturated heterocycles. The molecule has 15 heavy (non-hydrogen) atoms. The van der Waals surface area contributed by atoms with Crippen LogP contribution in [0.25, 0.3) is 0 Å². The zero-order chi connectivity index (χ0) is 11.3. The minimum absolute atomic E-state index is 0.592. The molecular formula is C12H22N2S. The predicted octanol–water partition coefficient (Wildman–Crippen LogP) is 3.08. The first-order chi connectivity index (χ1) is 7.17. The van der Waals surface area contributed by atoms with E-state index in [2.05, 4.69) is 31.1 Å². The van der Waals surface area contributed by atoms with Crippen molar-refractivity contribution in [2.45, 2.75) is 52.5 Å². The van der Waals surface area contributed by atoms with Crippen LogP contribution in [-0.2, 0) is 6.42 Å². The van der Waals surface area contributed by atoms with E-state index in [1.807, 2.05) is 18.4 Å². The number of rotatable bonds is 6. The molecule has 0 amide bonds. The van der Waals surface area contributed by atoms with Gasteiger partial charge in [-0.3, -0.25) is 0 Å². The Morgan fingerprint density at radius 1 is 1.40 bits per heavy atom. The molecule has 0 aliphatic carbocycles. The molecule has 0 aromatic carbocycles. The monoisotopic (exact) mass is 226 g/mol. The van der Waals surface area contributed by atoms with Crippen molar-refractivity contribution in [3.8, 4) is 0 Å². The van der Waals surface area contributed by atoms with Crippen LogP contribution in [0, 0.1) is 13.8 Å². The number of nitrogens with zero attached hydrogens (tertiary/aromatic N) is 1. The summed E-state index contributed by atoms with van der Waals surface area (Å²) < 4.78 is 0. The van der Waals surface area contributed by atoms with Crippen molar-refractivity contribution in [3.63, 3.8) is 0 Å². The highest BCUT2D eigenvalue weighted by atomic mass is 32.1. The summed E-state index contributed by atoms with van der Waals surface area (Å²) in [7, 11) is 2.05. The molecule has 1 aromatic heterocycles. The van der Waals surface area contributed by atoms with E-state index in [9.17, 15) is 0 Å². The molecular weight excluding hydrogens is 204 g/mol. The van der Waals surface area contributed by atoms with Gasteiger partial charge in [0.15, 0.2) is 0 Å². The lowest BCUT2D eigenvalue weighted by Crippen LogP contribution is -2.27. The predicted molar refractivity (Wildman–Crippen MR) is 67.7 cm³/mol. The van der Waals surface area contributed by atoms with Crippen LogP contribution in [0.15, 0.2) is 0 Å². The fourth-order valence-electron chi connectivity index (χ4n) is 1.64. The van der Waals surface area contributed by atoms with Gasteiger partial charge in [0.1, 0.15) is 0 Å². The fourth-order valence-corrected chi connectivity index (χ4v) is 2.65.